The summed E-state index contributed by atoms with van der Waals surface area (Å²) in [6.45, 7) is 7.92. The van der Waals surface area contributed by atoms with E-state index in [0.29, 0.717) is 23.6 Å². The first-order valence-corrected chi connectivity index (χ1v) is 12.2. The Labute approximate surface area is 198 Å². The van der Waals surface area contributed by atoms with Crippen LogP contribution in [0.4, 0.5) is 5.82 Å². The molecule has 0 saturated carbocycles. The van der Waals surface area contributed by atoms with Gasteiger partial charge in [-0.15, -0.1) is 11.8 Å². The highest BCUT2D eigenvalue weighted by Crippen LogP contribution is 2.36. The summed E-state index contributed by atoms with van der Waals surface area (Å²) in [5.41, 5.74) is 3.91. The lowest BCUT2D eigenvalue weighted by molar-refractivity contribution is -0.115. The van der Waals surface area contributed by atoms with Gasteiger partial charge < -0.3 is 5.32 Å². The summed E-state index contributed by atoms with van der Waals surface area (Å²) >= 11 is 1.77. The number of thioether (sulfide) groups is 1. The van der Waals surface area contributed by atoms with Gasteiger partial charge in [-0.2, -0.15) is 0 Å². The molecule has 0 spiro atoms. The lowest BCUT2D eigenvalue weighted by Gasteiger charge is -2.29. The Balaban J connectivity index is 1.48. The zero-order chi connectivity index (χ0) is 23.5. The van der Waals surface area contributed by atoms with Gasteiger partial charge in [0.2, 0.25) is 5.91 Å². The number of nitrogens with zero attached hydrogens (tertiary/aromatic N) is 3. The molecule has 2 unspecified atom stereocenters. The number of fused-ring (bicyclic) bond motifs is 1. The van der Waals surface area contributed by atoms with E-state index in [1.54, 1.807) is 23.9 Å². The molecule has 33 heavy (non-hydrogen) atoms. The molecule has 2 atom stereocenters. The van der Waals surface area contributed by atoms with Gasteiger partial charge in [-0.1, -0.05) is 26.0 Å². The van der Waals surface area contributed by atoms with Gasteiger partial charge in [0, 0.05) is 16.2 Å². The summed E-state index contributed by atoms with van der Waals surface area (Å²) in [6.07, 6.45) is 0.924. The van der Waals surface area contributed by atoms with Crippen molar-refractivity contribution in [1.29, 1.82) is 0 Å². The number of nitrogens with one attached hydrogen (secondary N) is 1. The van der Waals surface area contributed by atoms with Crippen LogP contribution in [0, 0.1) is 19.8 Å². The molecule has 6 nitrogen and oxygen atoms in total. The maximum atomic E-state index is 13.3. The Kier molecular flexibility index (Phi) is 6.88. The fraction of sp³-hybridized carbons (Fsp3) is 0.346. The zero-order valence-electron chi connectivity index (χ0n) is 19.4. The van der Waals surface area contributed by atoms with Crippen molar-refractivity contribution in [3.63, 3.8) is 0 Å². The van der Waals surface area contributed by atoms with Gasteiger partial charge in [0.05, 0.1) is 23.7 Å². The van der Waals surface area contributed by atoms with Crippen molar-refractivity contribution >= 4 is 29.3 Å². The third-order valence-corrected chi connectivity index (χ3v) is 6.67. The number of hydrogen-bond acceptors (Lipinski definition) is 6. The van der Waals surface area contributed by atoms with Gasteiger partial charge in [-0.3, -0.25) is 9.59 Å². The highest BCUT2D eigenvalue weighted by atomic mass is 32.2. The Hall–Kier alpha value is -3.06. The van der Waals surface area contributed by atoms with Gasteiger partial charge in [0.1, 0.15) is 11.6 Å². The molecule has 1 aliphatic rings. The molecule has 3 aromatic rings. The lowest BCUT2D eigenvalue weighted by atomic mass is 9.76. The number of hydrogen-bond donors (Lipinski definition) is 1. The average Bonchev–Trinajstić information content (AvgIpc) is 2.74. The lowest BCUT2D eigenvalue weighted by Crippen LogP contribution is -2.30. The van der Waals surface area contributed by atoms with E-state index in [1.165, 1.54) is 4.90 Å². The Morgan fingerprint density at radius 2 is 1.85 bits per heavy atom. The second-order valence-corrected chi connectivity index (χ2v) is 9.83. The fourth-order valence-corrected chi connectivity index (χ4v) is 5.03. The number of aryl methyl sites for hydroxylation is 2. The number of carbonyl (C=O) groups is 2. The smallest absolute Gasteiger partial charge is 0.229 e. The summed E-state index contributed by atoms with van der Waals surface area (Å²) < 4.78 is 0. The molecule has 0 radical (unpaired) electrons. The number of Topliss-reactive ketones (excluding diaryl/α,β-unsaturated/α-hetero) is 1. The van der Waals surface area contributed by atoms with Crippen molar-refractivity contribution in [3.8, 4) is 0 Å². The molecule has 0 aliphatic heterocycles. The van der Waals surface area contributed by atoms with E-state index in [-0.39, 0.29) is 29.9 Å². The first-order chi connectivity index (χ1) is 15.8. The number of pyridine rings is 1. The normalized spacial score (nSPS) is 17.5. The largest absolute Gasteiger partial charge is 0.310 e. The van der Waals surface area contributed by atoms with E-state index in [1.807, 2.05) is 51.1 Å². The predicted octanol–water partition coefficient (Wildman–Crippen LogP) is 4.94. The molecule has 1 N–H and O–H groups in total. The maximum Gasteiger partial charge on any atom is 0.229 e. The monoisotopic (exact) mass is 460 g/mol. The van der Waals surface area contributed by atoms with Crippen molar-refractivity contribution in [2.45, 2.75) is 51.3 Å². The number of anilines is 1. The van der Waals surface area contributed by atoms with E-state index in [0.717, 1.165) is 28.4 Å². The highest BCUT2D eigenvalue weighted by Gasteiger charge is 2.36. The van der Waals surface area contributed by atoms with E-state index < -0.39 is 0 Å². The number of benzene rings is 1. The van der Waals surface area contributed by atoms with Crippen LogP contribution < -0.4 is 5.32 Å². The number of carbonyl (C=O) groups excluding carboxylic acids is 2. The van der Waals surface area contributed by atoms with Crippen LogP contribution in [0.25, 0.3) is 0 Å². The molecule has 2 heterocycles. The second kappa shape index (κ2) is 9.83. The standard InChI is InChI=1S/C26H28N4O2S/c1-5-33-19-8-6-18(7-9-19)14-24(31)30-23-11-10-20-21(29-23)12-15(2)25(26(20)32)22-13-16(3)27-17(4)28-22/h6-11,13,15,25H,5,12,14H2,1-4H3,(H,29,30,31). The van der Waals surface area contributed by atoms with E-state index in [4.69, 9.17) is 0 Å². The topological polar surface area (TPSA) is 84.8 Å². The van der Waals surface area contributed by atoms with Crippen molar-refractivity contribution in [1.82, 2.24) is 15.0 Å². The summed E-state index contributed by atoms with van der Waals surface area (Å²) in [7, 11) is 0. The first-order valence-electron chi connectivity index (χ1n) is 11.2. The van der Waals surface area contributed by atoms with Crippen LogP contribution in [0.5, 0.6) is 0 Å². The summed E-state index contributed by atoms with van der Waals surface area (Å²) in [5, 5.41) is 2.88. The molecule has 1 aromatic carbocycles. The van der Waals surface area contributed by atoms with Crippen LogP contribution in [0.2, 0.25) is 0 Å². The minimum atomic E-state index is -0.311. The van der Waals surface area contributed by atoms with Gasteiger partial charge in [0.25, 0.3) is 0 Å². The number of ketones is 1. The predicted molar refractivity (Wildman–Crippen MR) is 131 cm³/mol. The highest BCUT2D eigenvalue weighted by molar-refractivity contribution is 7.99. The number of amides is 1. The van der Waals surface area contributed by atoms with Crippen LogP contribution in [0.1, 0.15) is 58.6 Å². The fourth-order valence-electron chi connectivity index (χ4n) is 4.37. The Morgan fingerprint density at radius 3 is 2.55 bits per heavy atom. The third-order valence-electron chi connectivity index (χ3n) is 5.78. The second-order valence-electron chi connectivity index (χ2n) is 8.50. The Bertz CT molecular complexity index is 1170. The van der Waals surface area contributed by atoms with Gasteiger partial charge in [-0.25, -0.2) is 15.0 Å². The van der Waals surface area contributed by atoms with Crippen LogP contribution >= 0.6 is 11.8 Å². The molecule has 0 bridgehead atoms. The first kappa shape index (κ1) is 23.1. The average molecular weight is 461 g/mol. The minimum absolute atomic E-state index is 0.0247. The number of aromatic nitrogens is 3. The molecule has 0 saturated heterocycles. The molecule has 7 heteroatoms. The van der Waals surface area contributed by atoms with Crippen LogP contribution in [0.15, 0.2) is 47.4 Å². The minimum Gasteiger partial charge on any atom is -0.310 e. The van der Waals surface area contributed by atoms with Gasteiger partial charge in [-0.05, 0) is 67.8 Å². The van der Waals surface area contributed by atoms with Crippen molar-refractivity contribution < 1.29 is 9.59 Å². The van der Waals surface area contributed by atoms with Gasteiger partial charge in [0.15, 0.2) is 5.78 Å². The van der Waals surface area contributed by atoms with E-state index >= 15 is 0 Å². The van der Waals surface area contributed by atoms with Crippen LogP contribution in [0.3, 0.4) is 0 Å². The Morgan fingerprint density at radius 1 is 1.09 bits per heavy atom. The third kappa shape index (κ3) is 5.30. The van der Waals surface area contributed by atoms with E-state index in [9.17, 15) is 9.59 Å². The maximum absolute atomic E-state index is 13.3. The van der Waals surface area contributed by atoms with E-state index in [2.05, 4.69) is 27.2 Å². The van der Waals surface area contributed by atoms with Crippen molar-refractivity contribution in [3.05, 3.63) is 76.5 Å². The molecule has 2 aromatic heterocycles. The van der Waals surface area contributed by atoms with Crippen molar-refractivity contribution in [2.24, 2.45) is 5.92 Å². The summed E-state index contributed by atoms with van der Waals surface area (Å²) in [5.74, 6) is 1.81. The van der Waals surface area contributed by atoms with Gasteiger partial charge >= 0.3 is 0 Å². The van der Waals surface area contributed by atoms with Crippen LogP contribution in [-0.4, -0.2) is 32.4 Å². The summed E-state index contributed by atoms with van der Waals surface area (Å²) in [4.78, 5) is 40.5. The molecule has 170 valence electrons. The molecule has 1 amide bonds. The van der Waals surface area contributed by atoms with Crippen LogP contribution in [-0.2, 0) is 17.6 Å². The number of rotatable bonds is 6. The SMILES string of the molecule is CCSc1ccc(CC(=O)Nc2ccc3c(n2)CC(C)C(c2cc(C)nc(C)n2)C3=O)cc1. The molecular formula is C26H28N4O2S. The van der Waals surface area contributed by atoms with Crippen molar-refractivity contribution in [2.75, 3.05) is 11.1 Å². The molecule has 1 aliphatic carbocycles. The zero-order valence-corrected chi connectivity index (χ0v) is 20.2. The molecule has 4 rings (SSSR count). The summed E-state index contributed by atoms with van der Waals surface area (Å²) in [6, 6.07) is 13.4. The quantitative estimate of drug-likeness (QED) is 0.525. The molecular weight excluding hydrogens is 432 g/mol. The molecule has 0 fully saturated rings.